The maximum Gasteiger partial charge on any atom is 0.573 e. The van der Waals surface area contributed by atoms with Gasteiger partial charge in [-0.3, -0.25) is 0 Å². The Morgan fingerprint density at radius 2 is 1.52 bits per heavy atom. The van der Waals surface area contributed by atoms with Gasteiger partial charge in [0.1, 0.15) is 17.4 Å². The predicted octanol–water partition coefficient (Wildman–Crippen LogP) is 7.55. The molecule has 4 aromatic rings. The summed E-state index contributed by atoms with van der Waals surface area (Å²) in [4.78, 5) is 15.4. The molecule has 0 atom stereocenters. The number of hydrogen-bond donors (Lipinski definition) is 1. The third-order valence-corrected chi connectivity index (χ3v) is 5.40. The molecule has 1 aromatic carbocycles. The summed E-state index contributed by atoms with van der Waals surface area (Å²) in [6.07, 6.45) is -1.72. The molecule has 0 amide bonds. The Bertz CT molecular complexity index is 1320. The van der Waals surface area contributed by atoms with Crippen molar-refractivity contribution in [2.24, 2.45) is 0 Å². The van der Waals surface area contributed by atoms with Gasteiger partial charge in [-0.15, -0.1) is 18.3 Å². The quantitative estimate of drug-likeness (QED) is 0.234. The number of nitrogens with zero attached hydrogens (tertiary/aromatic N) is 7. The van der Waals surface area contributed by atoms with Gasteiger partial charge in [0.15, 0.2) is 0 Å². The van der Waals surface area contributed by atoms with Crippen LogP contribution in [-0.2, 0) is 6.54 Å². The highest BCUT2D eigenvalue weighted by atomic mass is 19.4. The van der Waals surface area contributed by atoms with Gasteiger partial charge in [-0.25, -0.2) is 14.6 Å². The van der Waals surface area contributed by atoms with Crippen LogP contribution in [0.5, 0.6) is 5.75 Å². The number of alkyl halides is 3. The molecule has 10 nitrogen and oxygen atoms in total. The predicted molar refractivity (Wildman–Crippen MR) is 169 cm³/mol. The minimum atomic E-state index is -4.76. The molecular formula is C31H47F3N8O2. The zero-order valence-corrected chi connectivity index (χ0v) is 27.4. The second kappa shape index (κ2) is 20.0. The molecule has 13 heteroatoms. The van der Waals surface area contributed by atoms with Crippen molar-refractivity contribution in [1.29, 1.82) is 0 Å². The molecule has 5 rings (SSSR count). The molecule has 244 valence electrons. The SMILES string of the molecule is CC.CC.CC.CCC.Cc1nc(-c2nc(-c3ccc(OC(F)(F)F)cc3)no2)nn1Cc1ccnc(N2CCNCC2)c1. The Kier molecular flexibility index (Phi) is 17.3. The molecule has 0 unspecified atom stereocenters. The first-order valence-corrected chi connectivity index (χ1v) is 15.3. The van der Waals surface area contributed by atoms with E-state index in [2.05, 4.69) is 54.0 Å². The van der Waals surface area contributed by atoms with Crippen molar-refractivity contribution in [2.75, 3.05) is 31.1 Å². The van der Waals surface area contributed by atoms with Crippen LogP contribution in [0.15, 0.2) is 47.1 Å². The minimum absolute atomic E-state index is 0.105. The van der Waals surface area contributed by atoms with E-state index < -0.39 is 6.36 Å². The molecular weight excluding hydrogens is 573 g/mol. The summed E-state index contributed by atoms with van der Waals surface area (Å²) in [5.41, 5.74) is 1.49. The summed E-state index contributed by atoms with van der Waals surface area (Å²) in [5.74, 6) is 1.81. The highest BCUT2D eigenvalue weighted by molar-refractivity contribution is 5.57. The van der Waals surface area contributed by atoms with Gasteiger partial charge in [-0.2, -0.15) is 4.98 Å². The smallest absolute Gasteiger partial charge is 0.406 e. The number of aromatic nitrogens is 6. The van der Waals surface area contributed by atoms with E-state index in [1.807, 2.05) is 60.6 Å². The largest absolute Gasteiger partial charge is 0.573 e. The monoisotopic (exact) mass is 620 g/mol. The zero-order chi connectivity index (χ0) is 33.1. The molecule has 4 heterocycles. The Balaban J connectivity index is 0.000000980. The Morgan fingerprint density at radius 1 is 0.909 bits per heavy atom. The van der Waals surface area contributed by atoms with E-state index in [0.29, 0.717) is 17.9 Å². The zero-order valence-electron chi connectivity index (χ0n) is 27.4. The van der Waals surface area contributed by atoms with E-state index in [9.17, 15) is 13.2 Å². The third-order valence-electron chi connectivity index (χ3n) is 5.40. The molecule has 44 heavy (non-hydrogen) atoms. The van der Waals surface area contributed by atoms with Gasteiger partial charge < -0.3 is 19.5 Å². The van der Waals surface area contributed by atoms with Gasteiger partial charge in [0.25, 0.3) is 5.89 Å². The lowest BCUT2D eigenvalue weighted by Gasteiger charge is -2.28. The van der Waals surface area contributed by atoms with Gasteiger partial charge in [0, 0.05) is 37.9 Å². The molecule has 0 bridgehead atoms. The van der Waals surface area contributed by atoms with Crippen LogP contribution in [0.2, 0.25) is 0 Å². The van der Waals surface area contributed by atoms with Crippen molar-refractivity contribution in [3.05, 3.63) is 54.0 Å². The van der Waals surface area contributed by atoms with Gasteiger partial charge >= 0.3 is 6.36 Å². The molecule has 1 aliphatic rings. The number of piperazine rings is 1. The first kappa shape index (κ1) is 38.0. The lowest BCUT2D eigenvalue weighted by Crippen LogP contribution is -2.43. The normalized spacial score (nSPS) is 12.2. The van der Waals surface area contributed by atoms with Crippen LogP contribution in [0.3, 0.4) is 0 Å². The summed E-state index contributed by atoms with van der Waals surface area (Å²) in [6, 6.07) is 9.16. The van der Waals surface area contributed by atoms with E-state index in [4.69, 9.17) is 4.52 Å². The van der Waals surface area contributed by atoms with Crippen molar-refractivity contribution < 1.29 is 22.4 Å². The molecule has 0 aliphatic carbocycles. The lowest BCUT2D eigenvalue weighted by molar-refractivity contribution is -0.274. The van der Waals surface area contributed by atoms with E-state index >= 15 is 0 Å². The maximum atomic E-state index is 12.3. The third kappa shape index (κ3) is 11.9. The first-order chi connectivity index (χ1) is 21.3. The Morgan fingerprint density at radius 3 is 2.11 bits per heavy atom. The van der Waals surface area contributed by atoms with Gasteiger partial charge in [0.05, 0.1) is 6.54 Å². The van der Waals surface area contributed by atoms with Crippen molar-refractivity contribution in [2.45, 2.75) is 81.6 Å². The molecule has 1 aliphatic heterocycles. The van der Waals surface area contributed by atoms with Crippen molar-refractivity contribution >= 4 is 5.82 Å². The van der Waals surface area contributed by atoms with Crippen LogP contribution in [0.25, 0.3) is 23.1 Å². The van der Waals surface area contributed by atoms with Crippen LogP contribution in [0.4, 0.5) is 19.0 Å². The second-order valence-electron chi connectivity index (χ2n) is 8.60. The lowest BCUT2D eigenvalue weighted by atomic mass is 10.2. The number of hydrogen-bond acceptors (Lipinski definition) is 9. The van der Waals surface area contributed by atoms with E-state index in [-0.39, 0.29) is 23.3 Å². The van der Waals surface area contributed by atoms with Crippen LogP contribution in [0, 0.1) is 6.92 Å². The summed E-state index contributed by atoms with van der Waals surface area (Å²) < 4.78 is 48.0. The van der Waals surface area contributed by atoms with E-state index in [1.165, 1.54) is 30.7 Å². The number of anilines is 1. The first-order valence-electron chi connectivity index (χ1n) is 15.3. The molecule has 1 fully saturated rings. The van der Waals surface area contributed by atoms with Gasteiger partial charge in [0.2, 0.25) is 11.6 Å². The fourth-order valence-corrected chi connectivity index (χ4v) is 3.70. The number of nitrogens with one attached hydrogen (secondary N) is 1. The Labute approximate surface area is 259 Å². The molecule has 1 saturated heterocycles. The summed E-state index contributed by atoms with van der Waals surface area (Å²) in [5, 5.41) is 11.7. The molecule has 0 spiro atoms. The van der Waals surface area contributed by atoms with Crippen molar-refractivity contribution in [1.82, 2.24) is 35.2 Å². The number of halogens is 3. The number of ether oxygens (including phenoxy) is 1. The molecule has 1 N–H and O–H groups in total. The highest BCUT2D eigenvalue weighted by Crippen LogP contribution is 2.26. The number of pyridine rings is 1. The highest BCUT2D eigenvalue weighted by Gasteiger charge is 2.31. The second-order valence-corrected chi connectivity index (χ2v) is 8.60. The van der Waals surface area contributed by atoms with Gasteiger partial charge in [-0.1, -0.05) is 67.0 Å². The van der Waals surface area contributed by atoms with E-state index in [1.54, 1.807) is 10.9 Å². The molecule has 0 radical (unpaired) electrons. The number of aryl methyl sites for hydroxylation is 1. The summed E-state index contributed by atoms with van der Waals surface area (Å²) >= 11 is 0. The minimum Gasteiger partial charge on any atom is -0.406 e. The van der Waals surface area contributed by atoms with Crippen LogP contribution < -0.4 is 15.0 Å². The van der Waals surface area contributed by atoms with Crippen LogP contribution in [0.1, 0.15) is 73.2 Å². The van der Waals surface area contributed by atoms with Crippen molar-refractivity contribution in [3.8, 4) is 28.9 Å². The fraction of sp³-hybridized carbons (Fsp3) is 0.516. The average Bonchev–Trinajstić information content (AvgIpc) is 3.68. The number of benzene rings is 1. The molecule has 0 saturated carbocycles. The number of rotatable bonds is 6. The topological polar surface area (TPSA) is 107 Å². The van der Waals surface area contributed by atoms with E-state index in [0.717, 1.165) is 37.6 Å². The standard InChI is InChI=1S/C22H21F3N8O2.C3H8.3C2H6/c1-14-28-20(21-29-19(31-35-21)16-2-4-17(5-3-16)34-22(23,24)25)30-33(14)13-15-6-7-27-18(12-15)32-10-8-26-9-11-32;1-3-2;3*1-2/h2-7,12,26H,8-11,13H2,1H3;3H2,1-2H3;3*1-2H3. The van der Waals surface area contributed by atoms with Crippen molar-refractivity contribution in [3.63, 3.8) is 0 Å². The summed E-state index contributed by atoms with van der Waals surface area (Å²) in [6.45, 7) is 22.2. The Hall–Kier alpha value is -4.00. The molecule has 3 aromatic heterocycles. The van der Waals surface area contributed by atoms with Gasteiger partial charge in [-0.05, 0) is 48.9 Å². The van der Waals surface area contributed by atoms with Crippen LogP contribution in [-0.4, -0.2) is 62.4 Å². The fourth-order valence-electron chi connectivity index (χ4n) is 3.70. The van der Waals surface area contributed by atoms with Crippen LogP contribution >= 0.6 is 0 Å². The average molecular weight is 621 g/mol. The maximum absolute atomic E-state index is 12.3. The summed E-state index contributed by atoms with van der Waals surface area (Å²) in [7, 11) is 0.